The van der Waals surface area contributed by atoms with E-state index in [-0.39, 0.29) is 17.7 Å². The molecule has 1 aromatic carbocycles. The molecule has 176 valence electrons. The number of unbranched alkanes of at least 4 members (excludes halogenated alkanes) is 1. The zero-order valence-electron chi connectivity index (χ0n) is 19.3. The van der Waals surface area contributed by atoms with Crippen molar-refractivity contribution in [2.75, 3.05) is 19.8 Å². The minimum absolute atomic E-state index is 0.0653. The number of nitrogens with zero attached hydrogens (tertiary/aromatic N) is 1. The van der Waals surface area contributed by atoms with Crippen LogP contribution in [0.4, 0.5) is 4.79 Å². The van der Waals surface area contributed by atoms with Crippen LogP contribution in [0.5, 0.6) is 5.75 Å². The number of carboxylic acids is 1. The summed E-state index contributed by atoms with van der Waals surface area (Å²) in [6, 6.07) is 4.41. The summed E-state index contributed by atoms with van der Waals surface area (Å²) < 4.78 is 17.5. The van der Waals surface area contributed by atoms with Gasteiger partial charge in [0.2, 0.25) is 0 Å². The molecule has 7 nitrogen and oxygen atoms in total. The number of carbonyl (C=O) groups is 2. The lowest BCUT2D eigenvalue weighted by atomic mass is 9.92. The van der Waals surface area contributed by atoms with E-state index in [0.717, 1.165) is 18.4 Å². The van der Waals surface area contributed by atoms with Gasteiger partial charge in [-0.15, -0.1) is 13.2 Å². The second-order valence-corrected chi connectivity index (χ2v) is 8.80. The summed E-state index contributed by atoms with van der Waals surface area (Å²) in [7, 11) is 0. The standard InChI is InChI=1S/C25H35NO6/c1-6-8-9-15-31-22-16-18(23(27)28)10-11-20(22)21-17-19(30-14-7-2)12-13-26(21)24(29)32-25(3,4)5/h6-7,10-11,16,19,21H,1-2,8-9,12-15,17H2,3-5H3,(H,27,28)/t19-,21-/m0/s1. The van der Waals surface area contributed by atoms with Crippen LogP contribution in [-0.4, -0.2) is 53.5 Å². The number of ether oxygens (including phenoxy) is 3. The molecule has 1 saturated heterocycles. The fourth-order valence-corrected chi connectivity index (χ4v) is 3.60. The van der Waals surface area contributed by atoms with E-state index in [0.29, 0.717) is 38.3 Å². The van der Waals surface area contributed by atoms with Crippen LogP contribution in [0, 0.1) is 0 Å². The van der Waals surface area contributed by atoms with Crippen LogP contribution in [0.15, 0.2) is 43.5 Å². The van der Waals surface area contributed by atoms with E-state index in [1.807, 2.05) is 26.8 Å². The lowest BCUT2D eigenvalue weighted by Gasteiger charge is -2.40. The number of piperidine rings is 1. The predicted molar refractivity (Wildman–Crippen MR) is 123 cm³/mol. The van der Waals surface area contributed by atoms with Crippen molar-refractivity contribution in [2.24, 2.45) is 0 Å². The van der Waals surface area contributed by atoms with Gasteiger partial charge in [-0.3, -0.25) is 0 Å². The summed E-state index contributed by atoms with van der Waals surface area (Å²) in [6.07, 6.45) is 5.80. The molecule has 1 heterocycles. The molecule has 1 N–H and O–H groups in total. The van der Waals surface area contributed by atoms with Crippen LogP contribution < -0.4 is 4.74 Å². The van der Waals surface area contributed by atoms with Gasteiger partial charge in [-0.25, -0.2) is 9.59 Å². The van der Waals surface area contributed by atoms with E-state index in [4.69, 9.17) is 14.2 Å². The molecule has 0 aromatic heterocycles. The Hall–Kier alpha value is -2.80. The Morgan fingerprint density at radius 1 is 1.25 bits per heavy atom. The molecule has 1 aliphatic rings. The molecular formula is C25H35NO6. The Morgan fingerprint density at radius 2 is 2.00 bits per heavy atom. The van der Waals surface area contributed by atoms with Crippen molar-refractivity contribution in [3.63, 3.8) is 0 Å². The van der Waals surface area contributed by atoms with E-state index < -0.39 is 17.7 Å². The van der Waals surface area contributed by atoms with Gasteiger partial charge in [-0.05, 0) is 58.6 Å². The third kappa shape index (κ3) is 7.41. The maximum absolute atomic E-state index is 13.0. The fraction of sp³-hybridized carbons (Fsp3) is 0.520. The number of rotatable bonds is 10. The van der Waals surface area contributed by atoms with Gasteiger partial charge >= 0.3 is 12.1 Å². The van der Waals surface area contributed by atoms with Crippen molar-refractivity contribution < 1.29 is 28.9 Å². The van der Waals surface area contributed by atoms with Gasteiger partial charge < -0.3 is 24.2 Å². The van der Waals surface area contributed by atoms with Crippen molar-refractivity contribution in [2.45, 2.75) is 64.2 Å². The lowest BCUT2D eigenvalue weighted by molar-refractivity contribution is -0.0258. The third-order valence-electron chi connectivity index (χ3n) is 5.06. The molecule has 1 fully saturated rings. The Labute approximate surface area is 190 Å². The molecule has 0 radical (unpaired) electrons. The van der Waals surface area contributed by atoms with Crippen molar-refractivity contribution in [3.05, 3.63) is 54.6 Å². The summed E-state index contributed by atoms with van der Waals surface area (Å²) in [5.41, 5.74) is 0.243. The van der Waals surface area contributed by atoms with Crippen LogP contribution in [0.3, 0.4) is 0 Å². The molecule has 0 unspecified atom stereocenters. The van der Waals surface area contributed by atoms with Crippen LogP contribution in [0.25, 0.3) is 0 Å². The molecule has 1 aromatic rings. The molecule has 1 aliphatic heterocycles. The quantitative estimate of drug-likeness (QED) is 0.385. The topological polar surface area (TPSA) is 85.3 Å². The van der Waals surface area contributed by atoms with Crippen molar-refractivity contribution >= 4 is 12.1 Å². The number of hydrogen-bond donors (Lipinski definition) is 1. The highest BCUT2D eigenvalue weighted by Gasteiger charge is 2.37. The SMILES string of the molecule is C=CCCCOc1cc(C(=O)O)ccc1[C@@H]1C[C@@H](OCC=C)CCN1C(=O)OC(C)(C)C. The van der Waals surface area contributed by atoms with Gasteiger partial charge in [0.1, 0.15) is 11.4 Å². The Balaban J connectivity index is 2.39. The highest BCUT2D eigenvalue weighted by molar-refractivity contribution is 5.88. The summed E-state index contributed by atoms with van der Waals surface area (Å²) in [4.78, 5) is 26.2. The molecule has 0 saturated carbocycles. The number of benzene rings is 1. The molecule has 1 amide bonds. The van der Waals surface area contributed by atoms with Crippen LogP contribution in [0.1, 0.15) is 68.4 Å². The highest BCUT2D eigenvalue weighted by atomic mass is 16.6. The van der Waals surface area contributed by atoms with Gasteiger partial charge in [-0.2, -0.15) is 0 Å². The third-order valence-corrected chi connectivity index (χ3v) is 5.06. The Bertz CT molecular complexity index is 813. The average Bonchev–Trinajstić information content (AvgIpc) is 2.73. The highest BCUT2D eigenvalue weighted by Crippen LogP contribution is 2.38. The number of likely N-dealkylation sites (tertiary alicyclic amines) is 1. The van der Waals surface area contributed by atoms with Crippen LogP contribution in [-0.2, 0) is 9.47 Å². The number of carboxylic acid groups (broad SMARTS) is 1. The number of aromatic carboxylic acids is 1. The van der Waals surface area contributed by atoms with E-state index in [9.17, 15) is 14.7 Å². The van der Waals surface area contributed by atoms with Crippen molar-refractivity contribution in [1.29, 1.82) is 0 Å². The van der Waals surface area contributed by atoms with Gasteiger partial charge in [0.05, 0.1) is 30.9 Å². The second kappa shape index (κ2) is 11.7. The van der Waals surface area contributed by atoms with Crippen molar-refractivity contribution in [3.8, 4) is 5.75 Å². The minimum Gasteiger partial charge on any atom is -0.493 e. The molecule has 0 spiro atoms. The molecule has 32 heavy (non-hydrogen) atoms. The zero-order chi connectivity index (χ0) is 23.7. The summed E-state index contributed by atoms with van der Waals surface area (Å²) in [5, 5.41) is 9.44. The first-order valence-electron chi connectivity index (χ1n) is 11.0. The maximum Gasteiger partial charge on any atom is 0.410 e. The minimum atomic E-state index is -1.03. The normalized spacial score (nSPS) is 18.7. The second-order valence-electron chi connectivity index (χ2n) is 8.80. The first-order valence-corrected chi connectivity index (χ1v) is 11.0. The fourth-order valence-electron chi connectivity index (χ4n) is 3.60. The monoisotopic (exact) mass is 445 g/mol. The largest absolute Gasteiger partial charge is 0.493 e. The molecule has 2 atom stereocenters. The maximum atomic E-state index is 13.0. The summed E-state index contributed by atoms with van der Waals surface area (Å²) >= 11 is 0. The van der Waals surface area contributed by atoms with Crippen molar-refractivity contribution in [1.82, 2.24) is 4.90 Å². The molecule has 2 rings (SSSR count). The van der Waals surface area contributed by atoms with Gasteiger partial charge in [0.15, 0.2) is 0 Å². The zero-order valence-corrected chi connectivity index (χ0v) is 19.3. The molecular weight excluding hydrogens is 410 g/mol. The number of amides is 1. The Kier molecular flexibility index (Phi) is 9.32. The van der Waals surface area contributed by atoms with E-state index >= 15 is 0 Å². The smallest absolute Gasteiger partial charge is 0.410 e. The average molecular weight is 446 g/mol. The van der Waals surface area contributed by atoms with Gasteiger partial charge in [-0.1, -0.05) is 18.2 Å². The molecule has 0 aliphatic carbocycles. The van der Waals surface area contributed by atoms with E-state index in [1.165, 1.54) is 12.1 Å². The summed E-state index contributed by atoms with van der Waals surface area (Å²) in [5.74, 6) is -0.579. The predicted octanol–water partition coefficient (Wildman–Crippen LogP) is 5.37. The molecule has 0 bridgehead atoms. The first-order chi connectivity index (χ1) is 15.2. The van der Waals surface area contributed by atoms with E-state index in [1.54, 1.807) is 17.0 Å². The number of allylic oxidation sites excluding steroid dienone is 1. The Morgan fingerprint density at radius 3 is 2.62 bits per heavy atom. The van der Waals surface area contributed by atoms with Gasteiger partial charge in [0.25, 0.3) is 0 Å². The summed E-state index contributed by atoms with van der Waals surface area (Å²) in [6.45, 7) is 14.2. The van der Waals surface area contributed by atoms with E-state index in [2.05, 4.69) is 13.2 Å². The lowest BCUT2D eigenvalue weighted by Crippen LogP contribution is -2.45. The molecule has 7 heteroatoms. The number of carbonyl (C=O) groups excluding carboxylic acids is 1. The van der Waals surface area contributed by atoms with Crippen LogP contribution >= 0.6 is 0 Å². The number of hydrogen-bond acceptors (Lipinski definition) is 5. The van der Waals surface area contributed by atoms with Crippen LogP contribution in [0.2, 0.25) is 0 Å². The first kappa shape index (κ1) is 25.5. The van der Waals surface area contributed by atoms with Gasteiger partial charge in [0, 0.05) is 12.1 Å².